The van der Waals surface area contributed by atoms with Crippen LogP contribution in [0.4, 0.5) is 23.3 Å². The number of amides is 2. The van der Waals surface area contributed by atoms with E-state index < -0.39 is 0 Å². The summed E-state index contributed by atoms with van der Waals surface area (Å²) in [6.07, 6.45) is 15.1. The number of nitrogens with zero attached hydrogens (tertiary/aromatic N) is 10. The lowest BCUT2D eigenvalue weighted by Gasteiger charge is -2.45. The molecule has 65 heavy (non-hydrogen) atoms. The Morgan fingerprint density at radius 2 is 1.00 bits per heavy atom. The van der Waals surface area contributed by atoms with Gasteiger partial charge in [0.15, 0.2) is 0 Å². The number of carbonyl (C=O) groups is 2. The van der Waals surface area contributed by atoms with E-state index in [0.717, 1.165) is 75.8 Å². The van der Waals surface area contributed by atoms with Gasteiger partial charge in [0.2, 0.25) is 0 Å². The maximum absolute atomic E-state index is 12.9. The third kappa shape index (κ3) is 10.2. The number of hydrogen-bond donors (Lipinski definition) is 2. The van der Waals surface area contributed by atoms with Crippen molar-refractivity contribution in [2.24, 2.45) is 14.1 Å². The number of hydroxylamine groups is 3. The van der Waals surface area contributed by atoms with E-state index in [9.17, 15) is 14.8 Å². The monoisotopic (exact) mass is 868 g/mol. The molecule has 0 saturated carbocycles. The smallest absolute Gasteiger partial charge is 0.257 e. The first kappa shape index (κ1) is 42.8. The minimum atomic E-state index is -0.244. The van der Waals surface area contributed by atoms with Crippen molar-refractivity contribution >= 4 is 56.6 Å². The molecule has 15 heteroatoms. The fourth-order valence-corrected chi connectivity index (χ4v) is 8.12. The zero-order valence-electron chi connectivity index (χ0n) is 37.1. The summed E-state index contributed by atoms with van der Waals surface area (Å²) in [6, 6.07) is 27.5. The van der Waals surface area contributed by atoms with E-state index in [1.54, 1.807) is 50.0 Å². The first-order valence-corrected chi connectivity index (χ1v) is 21.7. The van der Waals surface area contributed by atoms with Gasteiger partial charge in [-0.05, 0) is 101 Å². The lowest BCUT2D eigenvalue weighted by Crippen LogP contribution is -2.54. The Morgan fingerprint density at radius 3 is 1.45 bits per heavy atom. The standard InChI is InChI=1S/C25H26N6O2.C25H26N6O/c1-29-8-6-21(17-29)18-3-4-20-16-27-23(14-22(20)13-18)28-25(32)19-5-7-26-24(15-19)30-9-11-31(2,33)12-10-30;1-29-9-11-31(12-10-29)24-15-19(5-7-26-24)25(32)28-23-14-22-13-18(3-4-20(22)16-27-23)21-6-8-30(2)17-21/h3-8,13-17H,9-12H2,1-2H3,(H,27,28,32);3-8,13-17H,9-12H2,1-2H3,(H,27,28,32). The highest BCUT2D eigenvalue weighted by atomic mass is 16.5. The molecule has 2 N–H and O–H groups in total. The van der Waals surface area contributed by atoms with E-state index in [-0.39, 0.29) is 16.5 Å². The Kier molecular flexibility index (Phi) is 12.1. The highest BCUT2D eigenvalue weighted by Gasteiger charge is 2.23. The molecule has 2 fully saturated rings. The Bertz CT molecular complexity index is 3000. The Balaban J connectivity index is 0.000000164. The fourth-order valence-electron chi connectivity index (χ4n) is 8.12. The predicted octanol–water partition coefficient (Wildman–Crippen LogP) is 7.29. The van der Waals surface area contributed by atoms with Crippen LogP contribution in [-0.4, -0.2) is 117 Å². The highest BCUT2D eigenvalue weighted by Crippen LogP contribution is 2.28. The zero-order chi connectivity index (χ0) is 45.1. The average Bonchev–Trinajstić information content (AvgIpc) is 3.97. The molecular formula is C50H52N12O3. The van der Waals surface area contributed by atoms with Gasteiger partial charge < -0.3 is 44.3 Å². The summed E-state index contributed by atoms with van der Waals surface area (Å²) >= 11 is 0. The number of nitrogens with one attached hydrogen (secondary N) is 2. The maximum Gasteiger partial charge on any atom is 0.257 e. The van der Waals surface area contributed by atoms with Crippen molar-refractivity contribution in [3.8, 4) is 22.3 Å². The highest BCUT2D eigenvalue weighted by molar-refractivity contribution is 6.06. The topological polar surface area (TPSA) is 152 Å². The van der Waals surface area contributed by atoms with Gasteiger partial charge in [-0.15, -0.1) is 0 Å². The summed E-state index contributed by atoms with van der Waals surface area (Å²) in [5, 5.41) is 22.0. The van der Waals surface area contributed by atoms with Crippen LogP contribution in [-0.2, 0) is 14.1 Å². The molecule has 8 heterocycles. The van der Waals surface area contributed by atoms with Gasteiger partial charge in [-0.25, -0.2) is 19.9 Å². The van der Waals surface area contributed by atoms with Crippen molar-refractivity contribution in [3.63, 3.8) is 0 Å². The minimum absolute atomic E-state index is 0.186. The van der Waals surface area contributed by atoms with E-state index in [0.29, 0.717) is 54.8 Å². The van der Waals surface area contributed by atoms with Gasteiger partial charge in [0.1, 0.15) is 23.3 Å². The molecule has 2 aliphatic rings. The molecule has 0 radical (unpaired) electrons. The molecule has 330 valence electrons. The summed E-state index contributed by atoms with van der Waals surface area (Å²) in [4.78, 5) is 50.1. The molecule has 0 unspecified atom stereocenters. The molecule has 2 amide bonds. The van der Waals surface area contributed by atoms with Gasteiger partial charge in [0, 0.05) is 112 Å². The van der Waals surface area contributed by atoms with E-state index >= 15 is 0 Å². The molecule has 2 aliphatic heterocycles. The number of pyridine rings is 4. The molecular weight excluding hydrogens is 817 g/mol. The molecule has 2 aromatic carbocycles. The van der Waals surface area contributed by atoms with Gasteiger partial charge in [-0.1, -0.05) is 24.3 Å². The molecule has 10 rings (SSSR count). The predicted molar refractivity (Wildman–Crippen MR) is 258 cm³/mol. The number of benzene rings is 2. The Hall–Kier alpha value is -7.46. The van der Waals surface area contributed by atoms with Crippen LogP contribution >= 0.6 is 0 Å². The van der Waals surface area contributed by atoms with E-state index in [2.05, 4.69) is 102 Å². The van der Waals surface area contributed by atoms with Crippen LogP contribution in [0.15, 0.2) is 135 Å². The second kappa shape index (κ2) is 18.3. The number of aryl methyl sites for hydroxylation is 2. The average molecular weight is 869 g/mol. The zero-order valence-corrected chi connectivity index (χ0v) is 37.1. The molecule has 2 saturated heterocycles. The van der Waals surface area contributed by atoms with Gasteiger partial charge >= 0.3 is 0 Å². The third-order valence-electron chi connectivity index (χ3n) is 12.1. The summed E-state index contributed by atoms with van der Waals surface area (Å²) < 4.78 is 3.81. The number of anilines is 4. The Labute approximate surface area is 377 Å². The fraction of sp³-hybridized carbons (Fsp3) is 0.240. The summed E-state index contributed by atoms with van der Waals surface area (Å²) in [5.74, 6) is 2.14. The maximum atomic E-state index is 12.9. The van der Waals surface area contributed by atoms with Crippen molar-refractivity contribution in [2.45, 2.75) is 0 Å². The van der Waals surface area contributed by atoms with E-state index in [1.807, 2.05) is 64.8 Å². The summed E-state index contributed by atoms with van der Waals surface area (Å²) in [6.45, 7) is 6.04. The quantitative estimate of drug-likeness (QED) is 0.118. The van der Waals surface area contributed by atoms with Crippen LogP contribution in [0, 0.1) is 5.21 Å². The number of likely N-dealkylation sites (N-methyl/N-ethyl adjacent to an activating group) is 2. The molecule has 6 aromatic heterocycles. The normalized spacial score (nSPS) is 15.1. The second-order valence-corrected chi connectivity index (χ2v) is 17.1. The summed E-state index contributed by atoms with van der Waals surface area (Å²) in [7, 11) is 7.82. The van der Waals surface area contributed by atoms with Crippen molar-refractivity contribution in [1.82, 2.24) is 34.0 Å². The first-order valence-electron chi connectivity index (χ1n) is 21.7. The van der Waals surface area contributed by atoms with Crippen molar-refractivity contribution in [3.05, 3.63) is 151 Å². The van der Waals surface area contributed by atoms with Crippen LogP contribution < -0.4 is 20.4 Å². The summed E-state index contributed by atoms with van der Waals surface area (Å²) in [5.41, 5.74) is 5.62. The number of piperazine rings is 2. The van der Waals surface area contributed by atoms with Gasteiger partial charge in [-0.3, -0.25) is 9.59 Å². The van der Waals surface area contributed by atoms with Gasteiger partial charge in [0.25, 0.3) is 11.8 Å². The molecule has 0 aliphatic carbocycles. The van der Waals surface area contributed by atoms with Crippen LogP contribution in [0.25, 0.3) is 43.8 Å². The number of carbonyl (C=O) groups excluding carboxylic acids is 2. The lowest BCUT2D eigenvalue weighted by atomic mass is 10.0. The lowest BCUT2D eigenvalue weighted by molar-refractivity contribution is -0.861. The first-order chi connectivity index (χ1) is 31.4. The molecule has 0 bridgehead atoms. The van der Waals surface area contributed by atoms with Crippen LogP contribution in [0.5, 0.6) is 0 Å². The van der Waals surface area contributed by atoms with Crippen molar-refractivity contribution < 1.29 is 14.2 Å². The van der Waals surface area contributed by atoms with Gasteiger partial charge in [-0.2, -0.15) is 0 Å². The molecule has 0 spiro atoms. The SMILES string of the molecule is CN1CCN(c2cc(C(=O)Nc3cc4cc(-c5ccn(C)c5)ccc4cn3)ccn2)CC1.Cn1ccc(-c2ccc3cnc(NC(=O)c4ccnc(N5CC[N+](C)([O-])CC5)c4)cc3c2)c1. The molecule has 15 nitrogen and oxygen atoms in total. The van der Waals surface area contributed by atoms with E-state index in [4.69, 9.17) is 0 Å². The minimum Gasteiger partial charge on any atom is -0.633 e. The van der Waals surface area contributed by atoms with Gasteiger partial charge in [0.05, 0.1) is 33.2 Å². The van der Waals surface area contributed by atoms with E-state index in [1.165, 1.54) is 0 Å². The molecule has 0 atom stereocenters. The van der Waals surface area contributed by atoms with Crippen molar-refractivity contribution in [2.75, 3.05) is 86.9 Å². The van der Waals surface area contributed by atoms with Crippen LogP contribution in [0.2, 0.25) is 0 Å². The number of rotatable bonds is 8. The van der Waals surface area contributed by atoms with Crippen LogP contribution in [0.3, 0.4) is 0 Å². The number of fused-ring (bicyclic) bond motifs is 2. The number of quaternary nitrogens is 1. The Morgan fingerprint density at radius 1 is 0.538 bits per heavy atom. The third-order valence-corrected chi connectivity index (χ3v) is 12.1. The molecule has 8 aromatic rings. The number of aromatic nitrogens is 6. The second-order valence-electron chi connectivity index (χ2n) is 17.1. The largest absolute Gasteiger partial charge is 0.633 e. The van der Waals surface area contributed by atoms with Crippen molar-refractivity contribution in [1.29, 1.82) is 0 Å². The number of hydrogen-bond acceptors (Lipinski definition) is 10. The van der Waals surface area contributed by atoms with Crippen LogP contribution in [0.1, 0.15) is 20.7 Å².